The molecule has 1 aliphatic rings. The maximum Gasteiger partial charge on any atom is 0.273 e. The maximum absolute atomic E-state index is 12.5. The minimum atomic E-state index is -0.505. The molecular formula is C20H18N4O5. The summed E-state index contributed by atoms with van der Waals surface area (Å²) >= 11 is 0. The number of fused-ring (bicyclic) bond motifs is 1. The highest BCUT2D eigenvalue weighted by molar-refractivity contribution is 6.05. The molecule has 0 radical (unpaired) electrons. The van der Waals surface area contributed by atoms with E-state index < -0.39 is 10.8 Å². The van der Waals surface area contributed by atoms with Crippen molar-refractivity contribution < 1.29 is 19.2 Å². The first-order valence-corrected chi connectivity index (χ1v) is 8.97. The number of nitrogens with one attached hydrogen (secondary N) is 1. The largest absolute Gasteiger partial charge is 0.486 e. The number of carbonyl (C=O) groups excluding carboxylic acids is 1. The second-order valence-electron chi connectivity index (χ2n) is 6.61. The summed E-state index contributed by atoms with van der Waals surface area (Å²) < 4.78 is 13.3. The molecule has 2 aromatic carbocycles. The normalized spacial score (nSPS) is 15.0. The lowest BCUT2D eigenvalue weighted by Crippen LogP contribution is -2.33. The quantitative estimate of drug-likeness (QED) is 0.526. The fourth-order valence-electron chi connectivity index (χ4n) is 3.16. The summed E-state index contributed by atoms with van der Waals surface area (Å²) in [5, 5.41) is 18.0. The van der Waals surface area contributed by atoms with Gasteiger partial charge in [-0.2, -0.15) is 5.10 Å². The van der Waals surface area contributed by atoms with E-state index in [2.05, 4.69) is 10.4 Å². The number of anilines is 1. The Morgan fingerprint density at radius 3 is 2.86 bits per heavy atom. The number of amides is 1. The van der Waals surface area contributed by atoms with Crippen LogP contribution in [0.4, 0.5) is 11.4 Å². The average Bonchev–Trinajstić information content (AvgIpc) is 3.14. The van der Waals surface area contributed by atoms with Crippen molar-refractivity contribution in [1.29, 1.82) is 0 Å². The number of ether oxygens (including phenoxy) is 2. The van der Waals surface area contributed by atoms with Crippen LogP contribution in [0.3, 0.4) is 0 Å². The predicted octanol–water partition coefficient (Wildman–Crippen LogP) is 3.19. The molecule has 0 fully saturated rings. The molecule has 1 N–H and O–H groups in total. The molecule has 0 saturated heterocycles. The highest BCUT2D eigenvalue weighted by Crippen LogP contribution is 2.31. The van der Waals surface area contributed by atoms with Crippen molar-refractivity contribution in [2.75, 3.05) is 11.9 Å². The Kier molecular flexibility index (Phi) is 4.86. The molecule has 0 saturated carbocycles. The van der Waals surface area contributed by atoms with Crippen LogP contribution < -0.4 is 14.8 Å². The van der Waals surface area contributed by atoms with Gasteiger partial charge in [-0.25, -0.2) is 0 Å². The van der Waals surface area contributed by atoms with Crippen LogP contribution in [0, 0.1) is 17.0 Å². The van der Waals surface area contributed by atoms with Crippen LogP contribution in [-0.2, 0) is 6.54 Å². The first-order valence-electron chi connectivity index (χ1n) is 8.97. The number of carbonyl (C=O) groups is 1. The third kappa shape index (κ3) is 3.88. The summed E-state index contributed by atoms with van der Waals surface area (Å²) in [6.07, 6.45) is 2.98. The Balaban J connectivity index is 1.42. The van der Waals surface area contributed by atoms with Crippen LogP contribution in [-0.4, -0.2) is 33.3 Å². The molecule has 0 bridgehead atoms. The van der Waals surface area contributed by atoms with Crippen molar-refractivity contribution in [3.63, 3.8) is 0 Å². The number of hydrogen-bond donors (Lipinski definition) is 1. The number of nitro benzene ring substituents is 1. The van der Waals surface area contributed by atoms with Crippen LogP contribution in [0.5, 0.6) is 11.5 Å². The first kappa shape index (κ1) is 18.5. The van der Waals surface area contributed by atoms with E-state index in [4.69, 9.17) is 9.47 Å². The molecule has 9 nitrogen and oxygen atoms in total. The van der Waals surface area contributed by atoms with Gasteiger partial charge in [-0.05, 0) is 25.1 Å². The topological polar surface area (TPSA) is 109 Å². The van der Waals surface area contributed by atoms with Crippen molar-refractivity contribution >= 4 is 17.3 Å². The number of hydrogen-bond acceptors (Lipinski definition) is 6. The number of benzene rings is 2. The number of para-hydroxylation sites is 2. The Bertz CT molecular complexity index is 1080. The van der Waals surface area contributed by atoms with Crippen molar-refractivity contribution in [2.45, 2.75) is 19.6 Å². The van der Waals surface area contributed by atoms with E-state index in [1.54, 1.807) is 23.9 Å². The summed E-state index contributed by atoms with van der Waals surface area (Å²) in [6.45, 7) is 2.39. The minimum absolute atomic E-state index is 0.0944. The molecule has 1 amide bonds. The Labute approximate surface area is 166 Å². The molecule has 0 aliphatic carbocycles. The highest BCUT2D eigenvalue weighted by atomic mass is 16.6. The standard InChI is InChI=1S/C20H18N4O5/c1-13-16(5-4-6-17(13)24(26)27)20(25)22-14-9-21-23(10-14)11-15-12-28-18-7-2-3-8-19(18)29-15/h2-10,15H,11-12H2,1H3,(H,22,25). The smallest absolute Gasteiger partial charge is 0.273 e. The summed E-state index contributed by atoms with van der Waals surface area (Å²) in [5.41, 5.74) is 0.947. The van der Waals surface area contributed by atoms with Crippen molar-refractivity contribution in [1.82, 2.24) is 9.78 Å². The van der Waals surface area contributed by atoms with E-state index >= 15 is 0 Å². The highest BCUT2D eigenvalue weighted by Gasteiger charge is 2.22. The van der Waals surface area contributed by atoms with Crippen LogP contribution in [0.25, 0.3) is 0 Å². The van der Waals surface area contributed by atoms with Gasteiger partial charge in [0.25, 0.3) is 11.6 Å². The first-order chi connectivity index (χ1) is 14.0. The Morgan fingerprint density at radius 2 is 2.07 bits per heavy atom. The fraction of sp³-hybridized carbons (Fsp3) is 0.200. The number of nitro groups is 1. The summed E-state index contributed by atoms with van der Waals surface area (Å²) in [6, 6.07) is 11.9. The number of rotatable bonds is 5. The van der Waals surface area contributed by atoms with Gasteiger partial charge in [-0.3, -0.25) is 19.6 Å². The van der Waals surface area contributed by atoms with Crippen LogP contribution in [0.15, 0.2) is 54.9 Å². The lowest BCUT2D eigenvalue weighted by Gasteiger charge is -2.26. The van der Waals surface area contributed by atoms with E-state index in [-0.39, 0.29) is 17.4 Å². The van der Waals surface area contributed by atoms with Crippen molar-refractivity contribution in [2.24, 2.45) is 0 Å². The third-order valence-electron chi connectivity index (χ3n) is 4.60. The average molecular weight is 394 g/mol. The van der Waals surface area contributed by atoms with Gasteiger partial charge in [0, 0.05) is 23.4 Å². The molecule has 1 aliphatic heterocycles. The Morgan fingerprint density at radius 1 is 1.28 bits per heavy atom. The Hall–Kier alpha value is -3.88. The van der Waals surface area contributed by atoms with Gasteiger partial charge in [-0.15, -0.1) is 0 Å². The molecule has 29 heavy (non-hydrogen) atoms. The number of aromatic nitrogens is 2. The summed E-state index contributed by atoms with van der Waals surface area (Å²) in [4.78, 5) is 23.1. The van der Waals surface area contributed by atoms with E-state index in [1.807, 2.05) is 24.3 Å². The molecule has 9 heteroatoms. The molecule has 0 spiro atoms. The molecule has 2 heterocycles. The molecule has 148 valence electrons. The monoisotopic (exact) mass is 394 g/mol. The lowest BCUT2D eigenvalue weighted by atomic mass is 10.1. The zero-order valence-electron chi connectivity index (χ0n) is 15.6. The van der Waals surface area contributed by atoms with Gasteiger partial charge in [0.1, 0.15) is 6.61 Å². The van der Waals surface area contributed by atoms with Gasteiger partial charge < -0.3 is 14.8 Å². The molecule has 3 aromatic rings. The molecule has 1 atom stereocenters. The zero-order chi connectivity index (χ0) is 20.4. The lowest BCUT2D eigenvalue weighted by molar-refractivity contribution is -0.385. The van der Waals surface area contributed by atoms with Gasteiger partial charge in [0.2, 0.25) is 0 Å². The van der Waals surface area contributed by atoms with Crippen molar-refractivity contribution in [3.8, 4) is 11.5 Å². The SMILES string of the molecule is Cc1c(C(=O)Nc2cnn(CC3COc4ccccc4O3)c2)cccc1[N+](=O)[O-]. The van der Waals surface area contributed by atoms with Gasteiger partial charge in [0.15, 0.2) is 17.6 Å². The summed E-state index contributed by atoms with van der Waals surface area (Å²) in [7, 11) is 0. The molecule has 4 rings (SSSR count). The third-order valence-corrected chi connectivity index (χ3v) is 4.60. The fourth-order valence-corrected chi connectivity index (χ4v) is 3.16. The van der Waals surface area contributed by atoms with Gasteiger partial charge >= 0.3 is 0 Å². The minimum Gasteiger partial charge on any atom is -0.486 e. The van der Waals surface area contributed by atoms with Crippen LogP contribution in [0.1, 0.15) is 15.9 Å². The predicted molar refractivity (Wildman–Crippen MR) is 104 cm³/mol. The van der Waals surface area contributed by atoms with E-state index in [1.165, 1.54) is 18.3 Å². The van der Waals surface area contributed by atoms with Crippen LogP contribution in [0.2, 0.25) is 0 Å². The van der Waals surface area contributed by atoms with E-state index in [9.17, 15) is 14.9 Å². The molecular weight excluding hydrogens is 376 g/mol. The second kappa shape index (κ2) is 7.63. The second-order valence-corrected chi connectivity index (χ2v) is 6.61. The van der Waals surface area contributed by atoms with Gasteiger partial charge in [-0.1, -0.05) is 18.2 Å². The molecule has 1 unspecified atom stereocenters. The van der Waals surface area contributed by atoms with Crippen LogP contribution >= 0.6 is 0 Å². The number of nitrogens with zero attached hydrogens (tertiary/aromatic N) is 3. The molecule has 1 aromatic heterocycles. The van der Waals surface area contributed by atoms with E-state index in [0.29, 0.717) is 35.9 Å². The van der Waals surface area contributed by atoms with Crippen molar-refractivity contribution in [3.05, 3.63) is 76.1 Å². The van der Waals surface area contributed by atoms with Gasteiger partial charge in [0.05, 0.1) is 23.4 Å². The summed E-state index contributed by atoms with van der Waals surface area (Å²) in [5.74, 6) is 0.965. The zero-order valence-corrected chi connectivity index (χ0v) is 15.6. The van der Waals surface area contributed by atoms with E-state index in [0.717, 1.165) is 0 Å². The maximum atomic E-state index is 12.5.